The SMILES string of the molecule is N#Cc1cccc(C(=O)N2CCCC(Oc3cnccn3)C2)c1. The van der Waals surface area contributed by atoms with Crippen LogP contribution in [0.3, 0.4) is 0 Å². The van der Waals surface area contributed by atoms with Gasteiger partial charge in [-0.05, 0) is 31.0 Å². The van der Waals surface area contributed by atoms with Gasteiger partial charge in [-0.15, -0.1) is 0 Å². The normalized spacial score (nSPS) is 17.3. The lowest BCUT2D eigenvalue weighted by Gasteiger charge is -2.32. The number of nitrogens with zero attached hydrogens (tertiary/aromatic N) is 4. The second-order valence-corrected chi connectivity index (χ2v) is 5.37. The van der Waals surface area contributed by atoms with Gasteiger partial charge >= 0.3 is 0 Å². The van der Waals surface area contributed by atoms with Gasteiger partial charge in [0.15, 0.2) is 0 Å². The molecule has 6 heteroatoms. The van der Waals surface area contributed by atoms with Gasteiger partial charge in [-0.2, -0.15) is 5.26 Å². The van der Waals surface area contributed by atoms with Crippen LogP contribution in [-0.4, -0.2) is 40.0 Å². The molecule has 1 unspecified atom stereocenters. The molecule has 1 aromatic carbocycles. The molecule has 2 aromatic rings. The number of piperidine rings is 1. The van der Waals surface area contributed by atoms with Crippen molar-refractivity contribution in [1.82, 2.24) is 14.9 Å². The van der Waals surface area contributed by atoms with Gasteiger partial charge in [0.1, 0.15) is 6.10 Å². The molecule has 1 aliphatic heterocycles. The Kier molecular flexibility index (Phi) is 4.48. The zero-order chi connectivity index (χ0) is 16.1. The Morgan fingerprint density at radius 2 is 2.30 bits per heavy atom. The summed E-state index contributed by atoms with van der Waals surface area (Å²) in [4.78, 5) is 22.4. The van der Waals surface area contributed by atoms with Crippen LogP contribution in [0.15, 0.2) is 42.9 Å². The number of benzene rings is 1. The molecule has 1 aromatic heterocycles. The molecule has 23 heavy (non-hydrogen) atoms. The van der Waals surface area contributed by atoms with Crippen LogP contribution in [0, 0.1) is 11.3 Å². The second-order valence-electron chi connectivity index (χ2n) is 5.37. The summed E-state index contributed by atoms with van der Waals surface area (Å²) >= 11 is 0. The minimum Gasteiger partial charge on any atom is -0.471 e. The molecule has 1 amide bonds. The number of likely N-dealkylation sites (tertiary alicyclic amines) is 1. The molecule has 6 nitrogen and oxygen atoms in total. The van der Waals surface area contributed by atoms with Gasteiger partial charge in [-0.25, -0.2) is 4.98 Å². The lowest BCUT2D eigenvalue weighted by atomic mass is 10.1. The number of carbonyl (C=O) groups excluding carboxylic acids is 1. The van der Waals surface area contributed by atoms with Gasteiger partial charge in [0, 0.05) is 24.5 Å². The first-order chi connectivity index (χ1) is 11.3. The number of aromatic nitrogens is 2. The summed E-state index contributed by atoms with van der Waals surface area (Å²) < 4.78 is 5.80. The van der Waals surface area contributed by atoms with E-state index in [9.17, 15) is 4.79 Å². The molecule has 0 spiro atoms. The molecule has 1 fully saturated rings. The molecule has 0 aliphatic carbocycles. The summed E-state index contributed by atoms with van der Waals surface area (Å²) in [5, 5.41) is 8.95. The highest BCUT2D eigenvalue weighted by Gasteiger charge is 2.26. The van der Waals surface area contributed by atoms with E-state index in [0.29, 0.717) is 30.1 Å². The monoisotopic (exact) mass is 308 g/mol. The molecule has 116 valence electrons. The maximum absolute atomic E-state index is 12.6. The highest BCUT2D eigenvalue weighted by atomic mass is 16.5. The minimum absolute atomic E-state index is 0.0745. The number of rotatable bonds is 3. The predicted octanol–water partition coefficient (Wildman–Crippen LogP) is 2.03. The molecule has 0 bridgehead atoms. The van der Waals surface area contributed by atoms with Crippen molar-refractivity contribution in [2.45, 2.75) is 18.9 Å². The number of hydrogen-bond donors (Lipinski definition) is 0. The Bertz CT molecular complexity index is 727. The highest BCUT2D eigenvalue weighted by molar-refractivity contribution is 5.94. The molecule has 0 radical (unpaired) electrons. The van der Waals surface area contributed by atoms with Crippen molar-refractivity contribution in [2.24, 2.45) is 0 Å². The van der Waals surface area contributed by atoms with Crippen molar-refractivity contribution < 1.29 is 9.53 Å². The number of carbonyl (C=O) groups is 1. The first-order valence-corrected chi connectivity index (χ1v) is 7.48. The van der Waals surface area contributed by atoms with Crippen LogP contribution in [-0.2, 0) is 0 Å². The Morgan fingerprint density at radius 3 is 3.09 bits per heavy atom. The molecule has 2 heterocycles. The Balaban J connectivity index is 1.68. The quantitative estimate of drug-likeness (QED) is 0.867. The van der Waals surface area contributed by atoms with Crippen molar-refractivity contribution in [1.29, 1.82) is 5.26 Å². The van der Waals surface area contributed by atoms with E-state index in [0.717, 1.165) is 12.8 Å². The van der Waals surface area contributed by atoms with E-state index in [4.69, 9.17) is 10.00 Å². The van der Waals surface area contributed by atoms with Gasteiger partial charge in [0.05, 0.1) is 24.4 Å². The zero-order valence-corrected chi connectivity index (χ0v) is 12.6. The van der Waals surface area contributed by atoms with Crippen LogP contribution in [0.2, 0.25) is 0 Å². The summed E-state index contributed by atoms with van der Waals surface area (Å²) in [5.74, 6) is 0.396. The third-order valence-electron chi connectivity index (χ3n) is 3.73. The van der Waals surface area contributed by atoms with Gasteiger partial charge in [-0.1, -0.05) is 6.07 Å². The van der Waals surface area contributed by atoms with Crippen LogP contribution in [0.25, 0.3) is 0 Å². The summed E-state index contributed by atoms with van der Waals surface area (Å²) in [7, 11) is 0. The van der Waals surface area contributed by atoms with Crippen molar-refractivity contribution in [3.05, 3.63) is 54.0 Å². The summed E-state index contributed by atoms with van der Waals surface area (Å²) in [6, 6.07) is 8.82. The molecule has 3 rings (SSSR count). The first kappa shape index (κ1) is 15.0. The lowest BCUT2D eigenvalue weighted by molar-refractivity contribution is 0.0527. The Labute approximate surface area is 134 Å². The van der Waals surface area contributed by atoms with Crippen molar-refractivity contribution in [3.8, 4) is 11.9 Å². The Morgan fingerprint density at radius 1 is 1.39 bits per heavy atom. The van der Waals surface area contributed by atoms with Crippen LogP contribution < -0.4 is 4.74 Å². The number of amides is 1. The van der Waals surface area contributed by atoms with E-state index in [-0.39, 0.29) is 12.0 Å². The predicted molar refractivity (Wildman–Crippen MR) is 82.7 cm³/mol. The fourth-order valence-corrected chi connectivity index (χ4v) is 2.64. The van der Waals surface area contributed by atoms with Crippen molar-refractivity contribution in [3.63, 3.8) is 0 Å². The Hall–Kier alpha value is -2.94. The van der Waals surface area contributed by atoms with E-state index in [1.54, 1.807) is 47.8 Å². The van der Waals surface area contributed by atoms with Gasteiger partial charge in [-0.3, -0.25) is 9.78 Å². The maximum Gasteiger partial charge on any atom is 0.254 e. The van der Waals surface area contributed by atoms with Gasteiger partial charge < -0.3 is 9.64 Å². The van der Waals surface area contributed by atoms with Crippen LogP contribution >= 0.6 is 0 Å². The standard InChI is InChI=1S/C17H16N4O2/c18-10-13-3-1-4-14(9-13)17(22)21-8-2-5-15(12-21)23-16-11-19-6-7-20-16/h1,3-4,6-7,9,11,15H,2,5,8,12H2. The van der Waals surface area contributed by atoms with E-state index < -0.39 is 0 Å². The zero-order valence-electron chi connectivity index (χ0n) is 12.6. The largest absolute Gasteiger partial charge is 0.471 e. The summed E-state index contributed by atoms with van der Waals surface area (Å²) in [6.07, 6.45) is 6.38. The topological polar surface area (TPSA) is 79.1 Å². The molecule has 1 aliphatic rings. The molecule has 0 N–H and O–H groups in total. The molecule has 1 atom stereocenters. The number of hydrogen-bond acceptors (Lipinski definition) is 5. The maximum atomic E-state index is 12.6. The van der Waals surface area contributed by atoms with Gasteiger partial charge in [0.2, 0.25) is 5.88 Å². The van der Waals surface area contributed by atoms with E-state index in [1.165, 1.54) is 0 Å². The smallest absolute Gasteiger partial charge is 0.254 e. The van der Waals surface area contributed by atoms with E-state index >= 15 is 0 Å². The van der Waals surface area contributed by atoms with Crippen LogP contribution in [0.4, 0.5) is 0 Å². The minimum atomic E-state index is -0.0939. The third kappa shape index (κ3) is 3.64. The highest BCUT2D eigenvalue weighted by Crippen LogP contribution is 2.18. The molecular formula is C17H16N4O2. The van der Waals surface area contributed by atoms with Crippen molar-refractivity contribution >= 4 is 5.91 Å². The van der Waals surface area contributed by atoms with Crippen LogP contribution in [0.5, 0.6) is 5.88 Å². The summed E-state index contributed by atoms with van der Waals surface area (Å²) in [6.45, 7) is 1.20. The first-order valence-electron chi connectivity index (χ1n) is 7.48. The number of nitriles is 1. The third-order valence-corrected chi connectivity index (χ3v) is 3.73. The average molecular weight is 308 g/mol. The lowest BCUT2D eigenvalue weighted by Crippen LogP contribution is -2.44. The molecular weight excluding hydrogens is 292 g/mol. The molecule has 0 saturated carbocycles. The van der Waals surface area contributed by atoms with E-state index in [2.05, 4.69) is 16.0 Å². The average Bonchev–Trinajstić information content (AvgIpc) is 2.62. The van der Waals surface area contributed by atoms with Gasteiger partial charge in [0.25, 0.3) is 5.91 Å². The van der Waals surface area contributed by atoms with E-state index in [1.807, 2.05) is 0 Å². The van der Waals surface area contributed by atoms with Crippen molar-refractivity contribution in [2.75, 3.05) is 13.1 Å². The molecule has 1 saturated heterocycles. The summed E-state index contributed by atoms with van der Waals surface area (Å²) in [5.41, 5.74) is 1.02. The second kappa shape index (κ2) is 6.88. The fourth-order valence-electron chi connectivity index (χ4n) is 2.64. The number of ether oxygens (including phenoxy) is 1. The van der Waals surface area contributed by atoms with Crippen LogP contribution in [0.1, 0.15) is 28.8 Å². The fraction of sp³-hybridized carbons (Fsp3) is 0.294.